The smallest absolute Gasteiger partial charge is 0.254 e. The molecule has 2 aromatic carbocycles. The quantitative estimate of drug-likeness (QED) is 0.635. The maximum absolute atomic E-state index is 12.5. The second-order valence-electron chi connectivity index (χ2n) is 5.81. The number of benzene rings is 2. The molecule has 0 aliphatic rings. The first-order valence-corrected chi connectivity index (χ1v) is 9.60. The van der Waals surface area contributed by atoms with Crippen LogP contribution in [-0.4, -0.2) is 33.7 Å². The van der Waals surface area contributed by atoms with Gasteiger partial charge < -0.3 is 16.4 Å². The van der Waals surface area contributed by atoms with Crippen molar-refractivity contribution in [3.8, 4) is 0 Å². The van der Waals surface area contributed by atoms with Crippen LogP contribution < -0.4 is 16.4 Å². The molecule has 0 saturated carbocycles. The van der Waals surface area contributed by atoms with Gasteiger partial charge in [-0.25, -0.2) is 0 Å². The third-order valence-electron chi connectivity index (χ3n) is 3.73. The molecule has 0 bridgehead atoms. The van der Waals surface area contributed by atoms with E-state index in [4.69, 9.17) is 5.73 Å². The van der Waals surface area contributed by atoms with E-state index < -0.39 is 28.7 Å². The van der Waals surface area contributed by atoms with E-state index in [2.05, 4.69) is 10.6 Å². The maximum atomic E-state index is 12.5. The average molecular weight is 387 g/mol. The summed E-state index contributed by atoms with van der Waals surface area (Å²) in [5.74, 6) is -1.41. The van der Waals surface area contributed by atoms with Gasteiger partial charge in [-0.15, -0.1) is 0 Å². The largest absolute Gasteiger partial charge is 0.368 e. The molecule has 27 heavy (non-hydrogen) atoms. The summed E-state index contributed by atoms with van der Waals surface area (Å²) in [6.45, 7) is 1.33. The summed E-state index contributed by atoms with van der Waals surface area (Å²) in [5.41, 5.74) is 5.93. The zero-order valence-electron chi connectivity index (χ0n) is 14.8. The molecular weight excluding hydrogens is 366 g/mol. The van der Waals surface area contributed by atoms with Crippen molar-refractivity contribution in [2.45, 2.75) is 24.3 Å². The predicted octanol–water partition coefficient (Wildman–Crippen LogP) is 1.43. The van der Waals surface area contributed by atoms with Crippen molar-refractivity contribution in [3.63, 3.8) is 0 Å². The highest BCUT2D eigenvalue weighted by Crippen LogP contribution is 2.15. The summed E-state index contributed by atoms with van der Waals surface area (Å²) in [6, 6.07) is 14.3. The Labute approximate surface area is 159 Å². The van der Waals surface area contributed by atoms with Crippen LogP contribution in [0.1, 0.15) is 23.7 Å². The number of carbonyl (C=O) groups is 3. The highest BCUT2D eigenvalue weighted by Gasteiger charge is 2.21. The first kappa shape index (κ1) is 20.3. The molecule has 0 heterocycles. The lowest BCUT2D eigenvalue weighted by atomic mass is 10.1. The Hall–Kier alpha value is -3.00. The topological polar surface area (TPSA) is 118 Å². The van der Waals surface area contributed by atoms with E-state index in [0.29, 0.717) is 10.6 Å². The van der Waals surface area contributed by atoms with E-state index in [1.807, 2.05) is 6.07 Å². The minimum absolute atomic E-state index is 0.130. The Morgan fingerprint density at radius 3 is 2.30 bits per heavy atom. The van der Waals surface area contributed by atoms with Gasteiger partial charge in [0.1, 0.15) is 6.04 Å². The fourth-order valence-electron chi connectivity index (χ4n) is 2.42. The van der Waals surface area contributed by atoms with Gasteiger partial charge in [-0.05, 0) is 30.7 Å². The Bertz CT molecular complexity index is 855. The number of para-hydroxylation sites is 1. The van der Waals surface area contributed by atoms with E-state index in [9.17, 15) is 18.6 Å². The van der Waals surface area contributed by atoms with E-state index in [0.717, 1.165) is 0 Å². The Balaban J connectivity index is 2.06. The molecular formula is C19H21N3O4S. The predicted molar refractivity (Wildman–Crippen MR) is 104 cm³/mol. The second-order valence-corrected chi connectivity index (χ2v) is 7.38. The monoisotopic (exact) mass is 387 g/mol. The van der Waals surface area contributed by atoms with Gasteiger partial charge in [0.05, 0.1) is 22.1 Å². The van der Waals surface area contributed by atoms with Crippen molar-refractivity contribution in [3.05, 3.63) is 60.2 Å². The van der Waals surface area contributed by atoms with Crippen LogP contribution in [-0.2, 0) is 20.4 Å². The molecule has 8 heteroatoms. The third-order valence-corrected chi connectivity index (χ3v) is 5.13. The third kappa shape index (κ3) is 6.03. The fraction of sp³-hybridized carbons (Fsp3) is 0.211. The average Bonchev–Trinajstić information content (AvgIpc) is 2.65. The molecule has 2 aromatic rings. The molecule has 0 fully saturated rings. The molecule has 0 saturated heterocycles. The van der Waals surface area contributed by atoms with E-state index in [1.54, 1.807) is 42.5 Å². The van der Waals surface area contributed by atoms with Gasteiger partial charge in [0.2, 0.25) is 11.8 Å². The van der Waals surface area contributed by atoms with Crippen LogP contribution >= 0.6 is 0 Å². The first-order chi connectivity index (χ1) is 12.9. The van der Waals surface area contributed by atoms with Crippen LogP contribution in [0.3, 0.4) is 0 Å². The van der Waals surface area contributed by atoms with Crippen LogP contribution in [0, 0.1) is 0 Å². The maximum Gasteiger partial charge on any atom is 0.254 e. The Morgan fingerprint density at radius 1 is 1.04 bits per heavy atom. The van der Waals surface area contributed by atoms with Gasteiger partial charge in [0.15, 0.2) is 0 Å². The zero-order chi connectivity index (χ0) is 19.8. The van der Waals surface area contributed by atoms with Gasteiger partial charge in [0.25, 0.3) is 5.91 Å². The highest BCUT2D eigenvalue weighted by atomic mass is 32.2. The molecule has 0 aliphatic carbocycles. The highest BCUT2D eigenvalue weighted by molar-refractivity contribution is 7.85. The van der Waals surface area contributed by atoms with Gasteiger partial charge in [-0.3, -0.25) is 18.6 Å². The summed E-state index contributed by atoms with van der Waals surface area (Å²) in [4.78, 5) is 36.2. The molecule has 0 unspecified atom stereocenters. The minimum Gasteiger partial charge on any atom is -0.368 e. The molecule has 2 atom stereocenters. The van der Waals surface area contributed by atoms with Gasteiger partial charge in [-0.2, -0.15) is 0 Å². The number of rotatable bonds is 8. The van der Waals surface area contributed by atoms with Crippen molar-refractivity contribution in [2.75, 3.05) is 11.1 Å². The van der Waals surface area contributed by atoms with Crippen LogP contribution in [0.2, 0.25) is 0 Å². The first-order valence-electron chi connectivity index (χ1n) is 8.28. The van der Waals surface area contributed by atoms with E-state index >= 15 is 0 Å². The molecule has 4 N–H and O–H groups in total. The standard InChI is InChI=1S/C19H21N3O4S/c1-13(23)21-16-10-6-5-9-15(16)19(25)22-17(18(20)24)11-12-27(26)14-7-3-2-4-8-14/h2-10,17H,11-12H2,1H3,(H2,20,24)(H,21,23)(H,22,25)/t17-,27+/m0/s1. The molecule has 0 aromatic heterocycles. The normalized spacial score (nSPS) is 12.6. The SMILES string of the molecule is CC(=O)Nc1ccccc1C(=O)N[C@@H](CC[S@@](=O)c1ccccc1)C(N)=O. The summed E-state index contributed by atoms with van der Waals surface area (Å²) >= 11 is 0. The number of nitrogens with two attached hydrogens (primary N) is 1. The Morgan fingerprint density at radius 2 is 1.67 bits per heavy atom. The van der Waals surface area contributed by atoms with Gasteiger partial charge in [-0.1, -0.05) is 30.3 Å². The molecule has 0 spiro atoms. The number of hydrogen-bond donors (Lipinski definition) is 3. The van der Waals surface area contributed by atoms with E-state index in [1.165, 1.54) is 13.0 Å². The lowest BCUT2D eigenvalue weighted by molar-refractivity contribution is -0.120. The van der Waals surface area contributed by atoms with Gasteiger partial charge in [0, 0.05) is 17.6 Å². The number of hydrogen-bond acceptors (Lipinski definition) is 4. The zero-order valence-corrected chi connectivity index (χ0v) is 15.6. The number of carbonyl (C=O) groups excluding carboxylic acids is 3. The number of primary amides is 1. The van der Waals surface area contributed by atoms with Gasteiger partial charge >= 0.3 is 0 Å². The molecule has 0 aliphatic heterocycles. The van der Waals surface area contributed by atoms with Crippen molar-refractivity contribution >= 4 is 34.2 Å². The number of anilines is 1. The lowest BCUT2D eigenvalue weighted by Crippen LogP contribution is -2.45. The van der Waals surface area contributed by atoms with Crippen LogP contribution in [0.15, 0.2) is 59.5 Å². The van der Waals surface area contributed by atoms with E-state index in [-0.39, 0.29) is 23.6 Å². The van der Waals surface area contributed by atoms with Crippen LogP contribution in [0.5, 0.6) is 0 Å². The summed E-state index contributed by atoms with van der Waals surface area (Å²) in [7, 11) is -1.31. The number of amides is 3. The van der Waals surface area contributed by atoms with Crippen LogP contribution in [0.4, 0.5) is 5.69 Å². The van der Waals surface area contributed by atoms with Crippen molar-refractivity contribution in [1.29, 1.82) is 0 Å². The lowest BCUT2D eigenvalue weighted by Gasteiger charge is -2.17. The minimum atomic E-state index is -1.31. The number of nitrogens with one attached hydrogen (secondary N) is 2. The van der Waals surface area contributed by atoms with Crippen molar-refractivity contribution in [1.82, 2.24) is 5.32 Å². The molecule has 7 nitrogen and oxygen atoms in total. The Kier molecular flexibility index (Phi) is 7.25. The fourth-order valence-corrected chi connectivity index (χ4v) is 3.56. The summed E-state index contributed by atoms with van der Waals surface area (Å²) < 4.78 is 12.3. The van der Waals surface area contributed by atoms with Crippen molar-refractivity contribution < 1.29 is 18.6 Å². The summed E-state index contributed by atoms with van der Waals surface area (Å²) in [5, 5.41) is 5.12. The molecule has 0 radical (unpaired) electrons. The molecule has 3 amide bonds. The molecule has 142 valence electrons. The van der Waals surface area contributed by atoms with Crippen LogP contribution in [0.25, 0.3) is 0 Å². The second kappa shape index (κ2) is 9.63. The molecule has 2 rings (SSSR count). The summed E-state index contributed by atoms with van der Waals surface area (Å²) in [6.07, 6.45) is 0.130. The van der Waals surface area contributed by atoms with Crippen molar-refractivity contribution in [2.24, 2.45) is 5.73 Å².